The lowest BCUT2D eigenvalue weighted by Gasteiger charge is -2.24. The minimum Gasteiger partial charge on any atom is -0.494 e. The molecule has 1 amide bonds. The molecule has 0 saturated heterocycles. The van der Waals surface area contributed by atoms with Gasteiger partial charge in [-0.1, -0.05) is 18.2 Å². The Hall–Kier alpha value is -2.69. The SMILES string of the molecule is COc1ccccc1N1N=C(c2ccccn2)CCC1=O. The first kappa shape index (κ1) is 13.3. The van der Waals surface area contributed by atoms with Crippen molar-refractivity contribution in [3.8, 4) is 5.75 Å². The van der Waals surface area contributed by atoms with Crippen molar-refractivity contribution in [2.24, 2.45) is 5.10 Å². The van der Waals surface area contributed by atoms with Gasteiger partial charge < -0.3 is 4.74 Å². The second kappa shape index (κ2) is 5.75. The second-order valence-corrected chi connectivity index (χ2v) is 4.64. The number of hydrogen-bond acceptors (Lipinski definition) is 4. The van der Waals surface area contributed by atoms with Crippen molar-refractivity contribution in [3.05, 3.63) is 54.4 Å². The van der Waals surface area contributed by atoms with Crippen LogP contribution < -0.4 is 9.75 Å². The monoisotopic (exact) mass is 281 g/mol. The van der Waals surface area contributed by atoms with Crippen molar-refractivity contribution >= 4 is 17.3 Å². The molecule has 0 N–H and O–H groups in total. The van der Waals surface area contributed by atoms with E-state index in [4.69, 9.17) is 4.74 Å². The van der Waals surface area contributed by atoms with Crippen molar-refractivity contribution in [1.82, 2.24) is 4.98 Å². The first-order valence-corrected chi connectivity index (χ1v) is 6.74. The molecule has 0 spiro atoms. The van der Waals surface area contributed by atoms with Gasteiger partial charge in [0.05, 0.1) is 18.5 Å². The van der Waals surface area contributed by atoms with Crippen molar-refractivity contribution in [2.45, 2.75) is 12.8 Å². The smallest absolute Gasteiger partial charge is 0.247 e. The third-order valence-corrected chi connectivity index (χ3v) is 3.31. The van der Waals surface area contributed by atoms with E-state index in [2.05, 4.69) is 10.1 Å². The molecular formula is C16H15N3O2. The fraction of sp³-hybridized carbons (Fsp3) is 0.188. The van der Waals surface area contributed by atoms with E-state index >= 15 is 0 Å². The van der Waals surface area contributed by atoms with Crippen LogP contribution in [-0.2, 0) is 4.79 Å². The maximum atomic E-state index is 12.2. The van der Waals surface area contributed by atoms with Crippen LogP contribution in [0.1, 0.15) is 18.5 Å². The van der Waals surface area contributed by atoms with Crippen LogP contribution in [0.3, 0.4) is 0 Å². The number of carbonyl (C=O) groups is 1. The Morgan fingerprint density at radius 1 is 1.10 bits per heavy atom. The molecule has 21 heavy (non-hydrogen) atoms. The Kier molecular flexibility index (Phi) is 3.64. The van der Waals surface area contributed by atoms with Gasteiger partial charge in [0.1, 0.15) is 11.4 Å². The van der Waals surface area contributed by atoms with Gasteiger partial charge in [-0.3, -0.25) is 9.78 Å². The highest BCUT2D eigenvalue weighted by Gasteiger charge is 2.25. The summed E-state index contributed by atoms with van der Waals surface area (Å²) in [5.41, 5.74) is 2.25. The summed E-state index contributed by atoms with van der Waals surface area (Å²) < 4.78 is 5.31. The summed E-state index contributed by atoms with van der Waals surface area (Å²) in [5, 5.41) is 5.88. The maximum absolute atomic E-state index is 12.2. The molecule has 0 saturated carbocycles. The Morgan fingerprint density at radius 2 is 1.90 bits per heavy atom. The molecule has 0 bridgehead atoms. The predicted molar refractivity (Wildman–Crippen MR) is 80.5 cm³/mol. The molecular weight excluding hydrogens is 266 g/mol. The number of ether oxygens (including phenoxy) is 1. The zero-order valence-electron chi connectivity index (χ0n) is 11.7. The number of amides is 1. The molecule has 1 aromatic heterocycles. The molecule has 106 valence electrons. The van der Waals surface area contributed by atoms with Gasteiger partial charge in [0.15, 0.2) is 0 Å². The number of pyridine rings is 1. The van der Waals surface area contributed by atoms with Crippen LogP contribution in [0.4, 0.5) is 5.69 Å². The van der Waals surface area contributed by atoms with E-state index in [0.29, 0.717) is 24.3 Å². The maximum Gasteiger partial charge on any atom is 0.247 e. The van der Waals surface area contributed by atoms with Gasteiger partial charge in [0.25, 0.3) is 0 Å². The zero-order chi connectivity index (χ0) is 14.7. The highest BCUT2D eigenvalue weighted by Crippen LogP contribution is 2.30. The van der Waals surface area contributed by atoms with Crippen molar-refractivity contribution < 1.29 is 9.53 Å². The highest BCUT2D eigenvalue weighted by atomic mass is 16.5. The standard InChI is InChI=1S/C16H15N3O2/c1-21-15-8-3-2-7-14(15)19-16(20)10-9-13(18-19)12-6-4-5-11-17-12/h2-8,11H,9-10H2,1H3. The summed E-state index contributed by atoms with van der Waals surface area (Å²) in [6, 6.07) is 13.0. The van der Waals surface area contributed by atoms with E-state index in [1.165, 1.54) is 5.01 Å². The summed E-state index contributed by atoms with van der Waals surface area (Å²) in [5.74, 6) is 0.580. The van der Waals surface area contributed by atoms with E-state index in [1.807, 2.05) is 42.5 Å². The molecule has 0 unspecified atom stereocenters. The molecule has 1 aromatic carbocycles. The molecule has 1 aliphatic heterocycles. The molecule has 5 heteroatoms. The van der Waals surface area contributed by atoms with E-state index in [-0.39, 0.29) is 5.91 Å². The van der Waals surface area contributed by atoms with Crippen LogP contribution >= 0.6 is 0 Å². The number of hydrogen-bond donors (Lipinski definition) is 0. The molecule has 0 radical (unpaired) electrons. The van der Waals surface area contributed by atoms with Gasteiger partial charge in [-0.05, 0) is 24.3 Å². The lowest BCUT2D eigenvalue weighted by Crippen LogP contribution is -2.32. The average molecular weight is 281 g/mol. The number of rotatable bonds is 3. The first-order valence-electron chi connectivity index (χ1n) is 6.74. The average Bonchev–Trinajstić information content (AvgIpc) is 2.56. The molecule has 0 aliphatic carbocycles. The predicted octanol–water partition coefficient (Wildman–Crippen LogP) is 2.62. The zero-order valence-corrected chi connectivity index (χ0v) is 11.7. The summed E-state index contributed by atoms with van der Waals surface area (Å²) in [6.45, 7) is 0. The minimum atomic E-state index is -0.0424. The Bertz CT molecular complexity index is 683. The van der Waals surface area contributed by atoms with Gasteiger partial charge in [-0.2, -0.15) is 10.1 Å². The number of para-hydroxylation sites is 2. The molecule has 0 fully saturated rings. The molecule has 0 atom stereocenters. The Labute approximate surface area is 122 Å². The van der Waals surface area contributed by atoms with Crippen molar-refractivity contribution in [3.63, 3.8) is 0 Å². The van der Waals surface area contributed by atoms with Crippen LogP contribution in [0.5, 0.6) is 5.75 Å². The van der Waals surface area contributed by atoms with Gasteiger partial charge in [-0.15, -0.1) is 0 Å². The van der Waals surface area contributed by atoms with Crippen LogP contribution in [0, 0.1) is 0 Å². The number of hydrazone groups is 1. The summed E-state index contributed by atoms with van der Waals surface area (Å²) in [6.07, 6.45) is 2.73. The number of nitrogens with zero attached hydrogens (tertiary/aromatic N) is 3. The third kappa shape index (κ3) is 2.63. The van der Waals surface area contributed by atoms with Gasteiger partial charge in [0, 0.05) is 19.0 Å². The quantitative estimate of drug-likeness (QED) is 0.869. The van der Waals surface area contributed by atoms with Crippen LogP contribution in [0.25, 0.3) is 0 Å². The largest absolute Gasteiger partial charge is 0.494 e. The summed E-state index contributed by atoms with van der Waals surface area (Å²) in [7, 11) is 1.58. The van der Waals surface area contributed by atoms with Crippen molar-refractivity contribution in [1.29, 1.82) is 0 Å². The summed E-state index contributed by atoms with van der Waals surface area (Å²) in [4.78, 5) is 16.5. The summed E-state index contributed by atoms with van der Waals surface area (Å²) >= 11 is 0. The van der Waals surface area contributed by atoms with E-state index < -0.39 is 0 Å². The third-order valence-electron chi connectivity index (χ3n) is 3.31. The van der Waals surface area contributed by atoms with Crippen LogP contribution in [0.15, 0.2) is 53.8 Å². The molecule has 1 aliphatic rings. The van der Waals surface area contributed by atoms with Gasteiger partial charge in [0.2, 0.25) is 5.91 Å². The fourth-order valence-electron chi connectivity index (χ4n) is 2.26. The lowest BCUT2D eigenvalue weighted by atomic mass is 10.1. The van der Waals surface area contributed by atoms with Crippen LogP contribution in [0.2, 0.25) is 0 Å². The van der Waals surface area contributed by atoms with Crippen molar-refractivity contribution in [2.75, 3.05) is 12.1 Å². The van der Waals surface area contributed by atoms with E-state index in [9.17, 15) is 4.79 Å². The Morgan fingerprint density at radius 3 is 2.67 bits per heavy atom. The number of benzene rings is 1. The van der Waals surface area contributed by atoms with Crippen LogP contribution in [-0.4, -0.2) is 23.7 Å². The second-order valence-electron chi connectivity index (χ2n) is 4.64. The minimum absolute atomic E-state index is 0.0424. The fourth-order valence-corrected chi connectivity index (χ4v) is 2.26. The number of anilines is 1. The molecule has 2 aromatic rings. The van der Waals surface area contributed by atoms with E-state index in [0.717, 1.165) is 11.4 Å². The van der Waals surface area contributed by atoms with Gasteiger partial charge >= 0.3 is 0 Å². The van der Waals surface area contributed by atoms with Gasteiger partial charge in [-0.25, -0.2) is 0 Å². The lowest BCUT2D eigenvalue weighted by molar-refractivity contribution is -0.118. The molecule has 5 nitrogen and oxygen atoms in total. The normalized spacial score (nSPS) is 14.8. The van der Waals surface area contributed by atoms with E-state index in [1.54, 1.807) is 13.3 Å². The molecule has 3 rings (SSSR count). The topological polar surface area (TPSA) is 54.8 Å². The number of aromatic nitrogens is 1. The first-order chi connectivity index (χ1) is 10.3. The number of carbonyl (C=O) groups excluding carboxylic acids is 1. The Balaban J connectivity index is 2.02. The highest BCUT2D eigenvalue weighted by molar-refractivity contribution is 6.08. The molecule has 2 heterocycles. The number of methoxy groups -OCH3 is 1.